The minimum absolute atomic E-state index is 0.129. The van der Waals surface area contributed by atoms with Crippen molar-refractivity contribution in [3.05, 3.63) is 29.3 Å². The lowest BCUT2D eigenvalue weighted by atomic mass is 10.2. The zero-order valence-electron chi connectivity index (χ0n) is 11.2. The van der Waals surface area contributed by atoms with Crippen LogP contribution < -0.4 is 5.73 Å². The summed E-state index contributed by atoms with van der Waals surface area (Å²) in [7, 11) is 0. The highest BCUT2D eigenvalue weighted by Crippen LogP contribution is 2.21. The molecule has 1 aromatic heterocycles. The Bertz CT molecular complexity index is 634. The number of rotatable bonds is 2. The molecular weight excluding hydrogens is 294 g/mol. The largest absolute Gasteiger partial charge is 0.378 e. The SMILES string of the molecule is N/C(=N/c1nc(-c2ccc(Cl)cc2)no1)N1CCOCC1. The lowest BCUT2D eigenvalue weighted by Crippen LogP contribution is -2.44. The molecule has 7 nitrogen and oxygen atoms in total. The molecule has 2 N–H and O–H groups in total. The molecule has 1 aliphatic rings. The minimum Gasteiger partial charge on any atom is -0.378 e. The average molecular weight is 308 g/mol. The van der Waals surface area contributed by atoms with Gasteiger partial charge < -0.3 is 19.9 Å². The topological polar surface area (TPSA) is 89.8 Å². The number of hydrogen-bond acceptors (Lipinski definition) is 5. The summed E-state index contributed by atoms with van der Waals surface area (Å²) >= 11 is 5.84. The molecule has 0 atom stereocenters. The third kappa shape index (κ3) is 3.32. The van der Waals surface area contributed by atoms with E-state index < -0.39 is 0 Å². The van der Waals surface area contributed by atoms with Crippen LogP contribution in [0.25, 0.3) is 11.4 Å². The lowest BCUT2D eigenvalue weighted by Gasteiger charge is -2.27. The van der Waals surface area contributed by atoms with Crippen LogP contribution in [0.3, 0.4) is 0 Å². The predicted molar refractivity (Wildman–Crippen MR) is 78.4 cm³/mol. The molecule has 0 unspecified atom stereocenters. The Kier molecular flexibility index (Phi) is 4.03. The maximum atomic E-state index is 5.92. The second-order valence-corrected chi connectivity index (χ2v) is 4.91. The van der Waals surface area contributed by atoms with Crippen molar-refractivity contribution in [1.82, 2.24) is 15.0 Å². The lowest BCUT2D eigenvalue weighted by molar-refractivity contribution is 0.0675. The molecule has 3 rings (SSSR count). The van der Waals surface area contributed by atoms with E-state index in [1.54, 1.807) is 12.1 Å². The first-order valence-corrected chi connectivity index (χ1v) is 6.87. The third-order valence-electron chi connectivity index (χ3n) is 3.06. The molecule has 0 amide bonds. The number of halogens is 1. The van der Waals surface area contributed by atoms with E-state index in [-0.39, 0.29) is 6.01 Å². The Balaban J connectivity index is 1.76. The van der Waals surface area contributed by atoms with Crippen LogP contribution in [-0.2, 0) is 4.74 Å². The van der Waals surface area contributed by atoms with Gasteiger partial charge in [-0.25, -0.2) is 0 Å². The second kappa shape index (κ2) is 6.11. The van der Waals surface area contributed by atoms with Gasteiger partial charge in [0.25, 0.3) is 0 Å². The number of hydrogen-bond donors (Lipinski definition) is 1. The summed E-state index contributed by atoms with van der Waals surface area (Å²) in [5.74, 6) is 0.796. The van der Waals surface area contributed by atoms with E-state index >= 15 is 0 Å². The number of aromatic nitrogens is 2. The summed E-state index contributed by atoms with van der Waals surface area (Å²) in [6.07, 6.45) is 0. The van der Waals surface area contributed by atoms with Crippen molar-refractivity contribution < 1.29 is 9.26 Å². The molecule has 110 valence electrons. The van der Waals surface area contributed by atoms with Crippen molar-refractivity contribution in [3.63, 3.8) is 0 Å². The monoisotopic (exact) mass is 307 g/mol. The van der Waals surface area contributed by atoms with Gasteiger partial charge >= 0.3 is 6.01 Å². The van der Waals surface area contributed by atoms with Crippen molar-refractivity contribution in [2.45, 2.75) is 0 Å². The maximum absolute atomic E-state index is 5.92. The van der Waals surface area contributed by atoms with E-state index in [4.69, 9.17) is 26.6 Å². The van der Waals surface area contributed by atoms with Crippen LogP contribution in [-0.4, -0.2) is 47.3 Å². The number of aliphatic imine (C=N–C) groups is 1. The molecule has 1 saturated heterocycles. The molecule has 1 aromatic carbocycles. The zero-order valence-corrected chi connectivity index (χ0v) is 12.0. The first-order valence-electron chi connectivity index (χ1n) is 6.49. The number of guanidine groups is 1. The Morgan fingerprint density at radius 2 is 1.95 bits per heavy atom. The van der Waals surface area contributed by atoms with Crippen LogP contribution in [0.1, 0.15) is 0 Å². The van der Waals surface area contributed by atoms with Crippen LogP contribution in [0.4, 0.5) is 6.01 Å². The molecule has 0 aliphatic carbocycles. The molecule has 0 spiro atoms. The first-order chi connectivity index (χ1) is 10.2. The quantitative estimate of drug-likeness (QED) is 0.670. The Morgan fingerprint density at radius 3 is 2.67 bits per heavy atom. The number of nitrogens with zero attached hydrogens (tertiary/aromatic N) is 4. The van der Waals surface area contributed by atoms with E-state index in [0.29, 0.717) is 43.1 Å². The fraction of sp³-hybridized carbons (Fsp3) is 0.308. The summed E-state index contributed by atoms with van der Waals surface area (Å²) in [6, 6.07) is 7.28. The van der Waals surface area contributed by atoms with Crippen LogP contribution in [0.15, 0.2) is 33.8 Å². The molecular formula is C13H14ClN5O2. The highest BCUT2D eigenvalue weighted by Gasteiger charge is 2.14. The number of nitrogens with two attached hydrogens (primary N) is 1. The molecule has 0 bridgehead atoms. The number of benzene rings is 1. The molecule has 21 heavy (non-hydrogen) atoms. The normalized spacial score (nSPS) is 16.2. The number of ether oxygens (including phenoxy) is 1. The smallest absolute Gasteiger partial charge is 0.351 e. The summed E-state index contributed by atoms with van der Waals surface area (Å²) in [5.41, 5.74) is 6.72. The standard InChI is InChI=1S/C13H14ClN5O2/c14-10-3-1-9(2-4-10)11-16-13(21-18-11)17-12(15)19-5-7-20-8-6-19/h1-4H,5-8H2,(H2,15,16,17,18). The van der Waals surface area contributed by atoms with E-state index in [1.165, 1.54) is 0 Å². The molecule has 1 aliphatic heterocycles. The number of morpholine rings is 1. The first kappa shape index (κ1) is 13.8. The van der Waals surface area contributed by atoms with Crippen molar-refractivity contribution in [2.24, 2.45) is 10.7 Å². The summed E-state index contributed by atoms with van der Waals surface area (Å²) in [6.45, 7) is 2.67. The summed E-state index contributed by atoms with van der Waals surface area (Å²) < 4.78 is 10.3. The van der Waals surface area contributed by atoms with Crippen LogP contribution in [0.2, 0.25) is 5.02 Å². The minimum atomic E-state index is 0.129. The van der Waals surface area contributed by atoms with Crippen molar-refractivity contribution in [1.29, 1.82) is 0 Å². The highest BCUT2D eigenvalue weighted by molar-refractivity contribution is 6.30. The maximum Gasteiger partial charge on any atom is 0.351 e. The third-order valence-corrected chi connectivity index (χ3v) is 3.31. The van der Waals surface area contributed by atoms with Gasteiger partial charge in [0.15, 0.2) is 0 Å². The zero-order chi connectivity index (χ0) is 14.7. The van der Waals surface area contributed by atoms with Gasteiger partial charge in [0.1, 0.15) is 0 Å². The molecule has 2 heterocycles. The van der Waals surface area contributed by atoms with Crippen LogP contribution >= 0.6 is 11.6 Å². The van der Waals surface area contributed by atoms with Gasteiger partial charge in [-0.15, -0.1) is 0 Å². The Morgan fingerprint density at radius 1 is 1.24 bits per heavy atom. The van der Waals surface area contributed by atoms with Crippen molar-refractivity contribution in [2.75, 3.05) is 26.3 Å². The second-order valence-electron chi connectivity index (χ2n) is 4.48. The van der Waals surface area contributed by atoms with Gasteiger partial charge in [-0.05, 0) is 24.3 Å². The van der Waals surface area contributed by atoms with Gasteiger partial charge in [-0.1, -0.05) is 16.8 Å². The predicted octanol–water partition coefficient (Wildman–Crippen LogP) is 1.67. The van der Waals surface area contributed by atoms with Gasteiger partial charge in [0, 0.05) is 23.7 Å². The van der Waals surface area contributed by atoms with Gasteiger partial charge in [-0.3, -0.25) is 0 Å². The van der Waals surface area contributed by atoms with Crippen LogP contribution in [0, 0.1) is 0 Å². The molecule has 1 fully saturated rings. The molecule has 8 heteroatoms. The van der Waals surface area contributed by atoms with E-state index in [9.17, 15) is 0 Å². The Labute approximate surface area is 126 Å². The summed E-state index contributed by atoms with van der Waals surface area (Å²) in [5, 5.41) is 4.53. The van der Waals surface area contributed by atoms with E-state index in [0.717, 1.165) is 5.56 Å². The summed E-state index contributed by atoms with van der Waals surface area (Å²) in [4.78, 5) is 10.3. The Hall–Kier alpha value is -2.12. The van der Waals surface area contributed by atoms with E-state index in [1.807, 2.05) is 17.0 Å². The van der Waals surface area contributed by atoms with Gasteiger partial charge in [0.05, 0.1) is 13.2 Å². The van der Waals surface area contributed by atoms with Gasteiger partial charge in [-0.2, -0.15) is 9.98 Å². The van der Waals surface area contributed by atoms with E-state index in [2.05, 4.69) is 15.1 Å². The van der Waals surface area contributed by atoms with Crippen molar-refractivity contribution in [3.8, 4) is 11.4 Å². The highest BCUT2D eigenvalue weighted by atomic mass is 35.5. The van der Waals surface area contributed by atoms with Crippen LogP contribution in [0.5, 0.6) is 0 Å². The van der Waals surface area contributed by atoms with Crippen molar-refractivity contribution >= 4 is 23.6 Å². The average Bonchev–Trinajstić information content (AvgIpc) is 2.97. The van der Waals surface area contributed by atoms with Gasteiger partial charge in [0.2, 0.25) is 11.8 Å². The molecule has 2 aromatic rings. The molecule has 0 radical (unpaired) electrons. The molecule has 0 saturated carbocycles. The fourth-order valence-corrected chi connectivity index (χ4v) is 2.06. The fourth-order valence-electron chi connectivity index (χ4n) is 1.94.